The minimum Gasteiger partial charge on any atom is -0.0683 e. The van der Waals surface area contributed by atoms with Gasteiger partial charge >= 0.3 is 0 Å². The average molecular weight is 170 g/mol. The third kappa shape index (κ3) is 3.16. The fourth-order valence-electron chi connectivity index (χ4n) is 1.87. The Morgan fingerprint density at radius 1 is 1.33 bits per heavy atom. The third-order valence-electron chi connectivity index (χ3n) is 3.10. The van der Waals surface area contributed by atoms with E-state index in [2.05, 4.69) is 27.7 Å². The highest BCUT2D eigenvalue weighted by molar-refractivity contribution is 4.97. The van der Waals surface area contributed by atoms with Crippen molar-refractivity contribution in [2.75, 3.05) is 0 Å². The fourth-order valence-corrected chi connectivity index (χ4v) is 1.87. The first-order valence-electron chi connectivity index (χ1n) is 5.58. The summed E-state index contributed by atoms with van der Waals surface area (Å²) < 4.78 is 0. The molecule has 0 bridgehead atoms. The maximum Gasteiger partial charge on any atom is -0.0297 e. The van der Waals surface area contributed by atoms with Crippen molar-refractivity contribution >= 4 is 0 Å². The smallest absolute Gasteiger partial charge is 0.0297 e. The van der Waals surface area contributed by atoms with Crippen LogP contribution in [0.4, 0.5) is 0 Å². The maximum absolute atomic E-state index is 2.43. The summed E-state index contributed by atoms with van der Waals surface area (Å²) >= 11 is 0. The van der Waals surface area contributed by atoms with Gasteiger partial charge in [0.2, 0.25) is 0 Å². The van der Waals surface area contributed by atoms with Crippen molar-refractivity contribution in [3.05, 3.63) is 0 Å². The molecule has 2 atom stereocenters. The van der Waals surface area contributed by atoms with Crippen LogP contribution in [0, 0.1) is 17.3 Å². The number of hydrogen-bond donors (Lipinski definition) is 0. The predicted molar refractivity (Wildman–Crippen MR) is 57.3 cm³/mol. The van der Waals surface area contributed by atoms with E-state index in [-0.39, 0.29) is 0 Å². The Morgan fingerprint density at radius 2 is 1.83 bits per heavy atom. The van der Waals surface area contributed by atoms with Gasteiger partial charge in [-0.05, 0) is 30.1 Å². The van der Waals surface area contributed by atoms with Gasteiger partial charge in [-0.1, -0.05) is 48.0 Å². The summed E-state index contributed by atoms with van der Waals surface area (Å²) in [6, 6.07) is 0. The van der Waals surface area contributed by atoms with Crippen LogP contribution in [0.5, 0.6) is 0 Å². The van der Waals surface area contributed by atoms with Crippen LogP contribution in [0.1, 0.15) is 60.8 Å². The maximum atomic E-state index is 2.43. The first-order chi connectivity index (χ1) is 5.58. The highest BCUT2D eigenvalue weighted by Gasteiger charge is 2.47. The summed E-state index contributed by atoms with van der Waals surface area (Å²) in [6.45, 7) is 13.4. The lowest BCUT2D eigenvalue weighted by Crippen LogP contribution is -1.98. The summed E-state index contributed by atoms with van der Waals surface area (Å²) in [4.78, 5) is 0. The molecule has 0 aliphatic heterocycles. The SMILES string of the molecule is CC.CCC1(C)CC1CC(C)C. The Kier molecular flexibility index (Phi) is 4.89. The zero-order valence-electron chi connectivity index (χ0n) is 9.78. The van der Waals surface area contributed by atoms with Crippen LogP contribution < -0.4 is 0 Å². The molecular formula is C12H26. The Hall–Kier alpha value is 0. The van der Waals surface area contributed by atoms with Gasteiger partial charge in [0.15, 0.2) is 0 Å². The summed E-state index contributed by atoms with van der Waals surface area (Å²) in [5.74, 6) is 1.95. The van der Waals surface area contributed by atoms with Gasteiger partial charge in [0, 0.05) is 0 Å². The van der Waals surface area contributed by atoms with Crippen molar-refractivity contribution in [2.24, 2.45) is 17.3 Å². The molecule has 0 heterocycles. The second-order valence-electron chi connectivity index (χ2n) is 4.54. The molecule has 0 nitrogen and oxygen atoms in total. The van der Waals surface area contributed by atoms with E-state index in [1.807, 2.05) is 13.8 Å². The lowest BCUT2D eigenvalue weighted by molar-refractivity contribution is 0.425. The molecule has 0 radical (unpaired) electrons. The van der Waals surface area contributed by atoms with Crippen molar-refractivity contribution in [3.8, 4) is 0 Å². The molecule has 1 rings (SSSR count). The van der Waals surface area contributed by atoms with E-state index >= 15 is 0 Å². The van der Waals surface area contributed by atoms with E-state index < -0.39 is 0 Å². The standard InChI is InChI=1S/C10H20.C2H6/c1-5-10(4)7-9(10)6-8(2)3;1-2/h8-9H,5-7H2,1-4H3;1-2H3. The zero-order chi connectivity index (χ0) is 9.78. The second kappa shape index (κ2) is 4.89. The predicted octanol–water partition coefficient (Wildman–Crippen LogP) is 4.49. The van der Waals surface area contributed by atoms with Gasteiger partial charge in [0.05, 0.1) is 0 Å². The Bertz CT molecular complexity index is 115. The Morgan fingerprint density at radius 3 is 2.08 bits per heavy atom. The molecule has 12 heavy (non-hydrogen) atoms. The molecule has 0 saturated heterocycles. The van der Waals surface area contributed by atoms with Crippen molar-refractivity contribution in [1.29, 1.82) is 0 Å². The van der Waals surface area contributed by atoms with Gasteiger partial charge in [-0.3, -0.25) is 0 Å². The quantitative estimate of drug-likeness (QED) is 0.585. The molecular weight excluding hydrogens is 144 g/mol. The van der Waals surface area contributed by atoms with E-state index in [0.717, 1.165) is 17.3 Å². The van der Waals surface area contributed by atoms with Crippen LogP contribution in [-0.2, 0) is 0 Å². The first-order valence-corrected chi connectivity index (χ1v) is 5.58. The van der Waals surface area contributed by atoms with E-state index in [1.54, 1.807) is 0 Å². The van der Waals surface area contributed by atoms with E-state index in [4.69, 9.17) is 0 Å². The van der Waals surface area contributed by atoms with Crippen LogP contribution in [0.2, 0.25) is 0 Å². The normalized spacial score (nSPS) is 32.8. The molecule has 74 valence electrons. The largest absolute Gasteiger partial charge is 0.0683 e. The number of hydrogen-bond acceptors (Lipinski definition) is 0. The lowest BCUT2D eigenvalue weighted by Gasteiger charge is -2.08. The molecule has 1 aliphatic carbocycles. The van der Waals surface area contributed by atoms with Crippen LogP contribution in [0.25, 0.3) is 0 Å². The summed E-state index contributed by atoms with van der Waals surface area (Å²) in [6.07, 6.45) is 4.32. The second-order valence-corrected chi connectivity index (χ2v) is 4.54. The zero-order valence-corrected chi connectivity index (χ0v) is 9.78. The molecule has 0 amide bonds. The molecule has 1 saturated carbocycles. The average Bonchev–Trinajstić information content (AvgIpc) is 2.66. The van der Waals surface area contributed by atoms with Gasteiger partial charge in [0.25, 0.3) is 0 Å². The summed E-state index contributed by atoms with van der Waals surface area (Å²) in [7, 11) is 0. The molecule has 0 heteroatoms. The van der Waals surface area contributed by atoms with Crippen molar-refractivity contribution in [1.82, 2.24) is 0 Å². The topological polar surface area (TPSA) is 0 Å². The van der Waals surface area contributed by atoms with Gasteiger partial charge in [-0.2, -0.15) is 0 Å². The van der Waals surface area contributed by atoms with Gasteiger partial charge in [0.1, 0.15) is 0 Å². The monoisotopic (exact) mass is 170 g/mol. The minimum atomic E-state index is 0.740. The van der Waals surface area contributed by atoms with Crippen LogP contribution in [0.15, 0.2) is 0 Å². The molecule has 1 fully saturated rings. The first kappa shape index (κ1) is 12.0. The van der Waals surface area contributed by atoms with Crippen molar-refractivity contribution < 1.29 is 0 Å². The highest BCUT2D eigenvalue weighted by atomic mass is 14.5. The fraction of sp³-hybridized carbons (Fsp3) is 1.00. The van der Waals surface area contributed by atoms with E-state index in [0.29, 0.717) is 0 Å². The third-order valence-corrected chi connectivity index (χ3v) is 3.10. The lowest BCUT2D eigenvalue weighted by atomic mass is 9.97. The molecule has 0 aromatic heterocycles. The minimum absolute atomic E-state index is 0.740. The van der Waals surface area contributed by atoms with Crippen molar-refractivity contribution in [3.63, 3.8) is 0 Å². The summed E-state index contributed by atoms with van der Waals surface area (Å²) in [5.41, 5.74) is 0.740. The molecule has 2 unspecified atom stereocenters. The number of rotatable bonds is 3. The molecule has 0 aromatic rings. The van der Waals surface area contributed by atoms with Crippen LogP contribution in [0.3, 0.4) is 0 Å². The van der Waals surface area contributed by atoms with Gasteiger partial charge in [-0.15, -0.1) is 0 Å². The molecule has 0 N–H and O–H groups in total. The van der Waals surface area contributed by atoms with Crippen LogP contribution in [-0.4, -0.2) is 0 Å². The molecule has 0 aromatic carbocycles. The Balaban J connectivity index is 0.000000561. The van der Waals surface area contributed by atoms with E-state index in [9.17, 15) is 0 Å². The van der Waals surface area contributed by atoms with Gasteiger partial charge < -0.3 is 0 Å². The van der Waals surface area contributed by atoms with Crippen molar-refractivity contribution in [2.45, 2.75) is 60.8 Å². The van der Waals surface area contributed by atoms with Crippen LogP contribution >= 0.6 is 0 Å². The van der Waals surface area contributed by atoms with E-state index in [1.165, 1.54) is 19.3 Å². The Labute approximate surface area is 78.8 Å². The van der Waals surface area contributed by atoms with Gasteiger partial charge in [-0.25, -0.2) is 0 Å². The molecule has 1 aliphatic rings. The highest BCUT2D eigenvalue weighted by Crippen LogP contribution is 2.57. The summed E-state index contributed by atoms with van der Waals surface area (Å²) in [5, 5.41) is 0. The molecule has 0 spiro atoms.